The van der Waals surface area contributed by atoms with Gasteiger partial charge in [0, 0.05) is 19.2 Å². The first-order valence-electron chi connectivity index (χ1n) is 6.07. The van der Waals surface area contributed by atoms with E-state index in [0.717, 1.165) is 30.4 Å². The predicted molar refractivity (Wildman–Crippen MR) is 68.3 cm³/mol. The summed E-state index contributed by atoms with van der Waals surface area (Å²) >= 11 is 0. The van der Waals surface area contributed by atoms with E-state index in [-0.39, 0.29) is 0 Å². The van der Waals surface area contributed by atoms with E-state index in [2.05, 4.69) is 17.9 Å². The third-order valence-corrected chi connectivity index (χ3v) is 3.43. The maximum absolute atomic E-state index is 8.87. The zero-order valence-corrected chi connectivity index (χ0v) is 10.4. The largest absolute Gasteiger partial charge is 0.495 e. The third-order valence-electron chi connectivity index (χ3n) is 3.43. The van der Waals surface area contributed by atoms with Gasteiger partial charge in [-0.25, -0.2) is 0 Å². The highest BCUT2D eigenvalue weighted by atomic mass is 16.5. The molecule has 0 atom stereocenters. The van der Waals surface area contributed by atoms with Gasteiger partial charge in [0.1, 0.15) is 5.75 Å². The first-order chi connectivity index (χ1) is 8.24. The van der Waals surface area contributed by atoms with Crippen molar-refractivity contribution in [3.8, 4) is 11.8 Å². The number of hydrogen-bond donors (Lipinski definition) is 0. The fourth-order valence-corrected chi connectivity index (χ4v) is 2.26. The van der Waals surface area contributed by atoms with Crippen molar-refractivity contribution in [2.45, 2.75) is 19.8 Å². The van der Waals surface area contributed by atoms with Crippen molar-refractivity contribution in [2.75, 3.05) is 25.1 Å². The molecule has 3 nitrogen and oxygen atoms in total. The van der Waals surface area contributed by atoms with E-state index in [0.29, 0.717) is 5.56 Å². The van der Waals surface area contributed by atoms with Crippen molar-refractivity contribution >= 4 is 5.69 Å². The fraction of sp³-hybridized carbons (Fsp3) is 0.500. The summed E-state index contributed by atoms with van der Waals surface area (Å²) in [6, 6.07) is 7.80. The van der Waals surface area contributed by atoms with Crippen LogP contribution in [0, 0.1) is 17.2 Å². The van der Waals surface area contributed by atoms with E-state index in [1.165, 1.54) is 12.8 Å². The first-order valence-corrected chi connectivity index (χ1v) is 6.07. The number of nitriles is 1. The molecule has 1 aromatic carbocycles. The molecule has 1 aromatic rings. The molecule has 0 radical (unpaired) electrons. The molecular formula is C14H18N2O. The van der Waals surface area contributed by atoms with Gasteiger partial charge in [-0.1, -0.05) is 6.92 Å². The molecule has 1 fully saturated rings. The molecule has 0 N–H and O–H groups in total. The molecule has 0 amide bonds. The van der Waals surface area contributed by atoms with Crippen molar-refractivity contribution in [2.24, 2.45) is 5.92 Å². The second kappa shape index (κ2) is 5.09. The van der Waals surface area contributed by atoms with Gasteiger partial charge in [0.2, 0.25) is 0 Å². The maximum Gasteiger partial charge on any atom is 0.143 e. The lowest BCUT2D eigenvalue weighted by molar-refractivity contribution is 0.404. The van der Waals surface area contributed by atoms with E-state index in [1.807, 2.05) is 18.2 Å². The van der Waals surface area contributed by atoms with Gasteiger partial charge in [0.25, 0.3) is 0 Å². The number of nitrogens with zero attached hydrogens (tertiary/aromatic N) is 2. The van der Waals surface area contributed by atoms with Crippen molar-refractivity contribution in [1.29, 1.82) is 5.26 Å². The van der Waals surface area contributed by atoms with Crippen molar-refractivity contribution < 1.29 is 4.74 Å². The highest BCUT2D eigenvalue weighted by Crippen LogP contribution is 2.32. The molecule has 0 spiro atoms. The Hall–Kier alpha value is -1.69. The Morgan fingerprint density at radius 3 is 2.65 bits per heavy atom. The van der Waals surface area contributed by atoms with Gasteiger partial charge in [0.05, 0.1) is 24.4 Å². The summed E-state index contributed by atoms with van der Waals surface area (Å²) in [6.45, 7) is 4.44. The van der Waals surface area contributed by atoms with Crippen LogP contribution in [-0.4, -0.2) is 20.2 Å². The number of anilines is 1. The lowest BCUT2D eigenvalue weighted by Gasteiger charge is -2.33. The summed E-state index contributed by atoms with van der Waals surface area (Å²) in [4.78, 5) is 2.35. The van der Waals surface area contributed by atoms with Gasteiger partial charge in [-0.05, 0) is 30.9 Å². The Morgan fingerprint density at radius 1 is 1.35 bits per heavy atom. The fourth-order valence-electron chi connectivity index (χ4n) is 2.26. The van der Waals surface area contributed by atoms with Gasteiger partial charge in [-0.2, -0.15) is 5.26 Å². The topological polar surface area (TPSA) is 36.3 Å². The molecule has 3 heteroatoms. The molecule has 0 aromatic heterocycles. The molecule has 1 heterocycles. The smallest absolute Gasteiger partial charge is 0.143 e. The summed E-state index contributed by atoms with van der Waals surface area (Å²) in [5.41, 5.74) is 1.76. The van der Waals surface area contributed by atoms with Crippen LogP contribution in [0.15, 0.2) is 18.2 Å². The summed E-state index contributed by atoms with van der Waals surface area (Å²) < 4.78 is 5.38. The zero-order valence-electron chi connectivity index (χ0n) is 10.4. The zero-order chi connectivity index (χ0) is 12.3. The number of piperidine rings is 1. The minimum atomic E-state index is 0.649. The molecule has 17 heavy (non-hydrogen) atoms. The first kappa shape index (κ1) is 11.8. The molecular weight excluding hydrogens is 212 g/mol. The number of hydrogen-bond acceptors (Lipinski definition) is 3. The van der Waals surface area contributed by atoms with E-state index >= 15 is 0 Å². The Balaban J connectivity index is 2.23. The van der Waals surface area contributed by atoms with Crippen LogP contribution in [0.2, 0.25) is 0 Å². The second-order valence-corrected chi connectivity index (χ2v) is 4.67. The molecule has 1 aliphatic heterocycles. The third kappa shape index (κ3) is 2.52. The van der Waals surface area contributed by atoms with E-state index in [1.54, 1.807) is 7.11 Å². The van der Waals surface area contributed by atoms with E-state index in [9.17, 15) is 0 Å². The average molecular weight is 230 g/mol. The average Bonchev–Trinajstić information content (AvgIpc) is 2.39. The summed E-state index contributed by atoms with van der Waals surface area (Å²) in [5, 5.41) is 8.87. The maximum atomic E-state index is 8.87. The van der Waals surface area contributed by atoms with Crippen molar-refractivity contribution in [1.82, 2.24) is 0 Å². The van der Waals surface area contributed by atoms with Crippen LogP contribution < -0.4 is 9.64 Å². The SMILES string of the molecule is COc1cc(C#N)ccc1N1CCC(C)CC1. The summed E-state index contributed by atoms with van der Waals surface area (Å²) in [7, 11) is 1.66. The Bertz CT molecular complexity index is 428. The lowest BCUT2D eigenvalue weighted by Crippen LogP contribution is -2.33. The Labute approximate surface area is 103 Å². The molecule has 90 valence electrons. The molecule has 0 bridgehead atoms. The van der Waals surface area contributed by atoms with Crippen LogP contribution in [0.1, 0.15) is 25.3 Å². The van der Waals surface area contributed by atoms with Gasteiger partial charge < -0.3 is 9.64 Å². The number of rotatable bonds is 2. The second-order valence-electron chi connectivity index (χ2n) is 4.67. The van der Waals surface area contributed by atoms with E-state index in [4.69, 9.17) is 10.00 Å². The molecule has 0 saturated carbocycles. The molecule has 0 unspecified atom stereocenters. The Morgan fingerprint density at radius 2 is 2.06 bits per heavy atom. The van der Waals surface area contributed by atoms with Gasteiger partial charge in [-0.15, -0.1) is 0 Å². The molecule has 2 rings (SSSR count). The highest BCUT2D eigenvalue weighted by molar-refractivity contribution is 5.61. The normalized spacial score (nSPS) is 16.6. The van der Waals surface area contributed by atoms with Crippen LogP contribution in [-0.2, 0) is 0 Å². The highest BCUT2D eigenvalue weighted by Gasteiger charge is 2.18. The van der Waals surface area contributed by atoms with E-state index < -0.39 is 0 Å². The van der Waals surface area contributed by atoms with Crippen LogP contribution in [0.3, 0.4) is 0 Å². The van der Waals surface area contributed by atoms with Gasteiger partial charge >= 0.3 is 0 Å². The van der Waals surface area contributed by atoms with Crippen LogP contribution in [0.4, 0.5) is 5.69 Å². The monoisotopic (exact) mass is 230 g/mol. The number of ether oxygens (including phenoxy) is 1. The quantitative estimate of drug-likeness (QED) is 0.783. The minimum absolute atomic E-state index is 0.649. The summed E-state index contributed by atoms with van der Waals surface area (Å²) in [6.07, 6.45) is 2.45. The van der Waals surface area contributed by atoms with Crippen molar-refractivity contribution in [3.63, 3.8) is 0 Å². The predicted octanol–water partition coefficient (Wildman–Crippen LogP) is 2.80. The minimum Gasteiger partial charge on any atom is -0.495 e. The van der Waals surface area contributed by atoms with Crippen LogP contribution >= 0.6 is 0 Å². The summed E-state index contributed by atoms with van der Waals surface area (Å²) in [5.74, 6) is 1.62. The molecule has 1 aliphatic rings. The van der Waals surface area contributed by atoms with Gasteiger partial charge in [-0.3, -0.25) is 0 Å². The number of methoxy groups -OCH3 is 1. The number of benzene rings is 1. The van der Waals surface area contributed by atoms with Crippen molar-refractivity contribution in [3.05, 3.63) is 23.8 Å². The standard InChI is InChI=1S/C14H18N2O/c1-11-5-7-16(8-6-11)13-4-3-12(10-15)9-14(13)17-2/h3-4,9,11H,5-8H2,1-2H3. The lowest BCUT2D eigenvalue weighted by atomic mass is 9.98. The van der Waals surface area contributed by atoms with Gasteiger partial charge in [0.15, 0.2) is 0 Å². The van der Waals surface area contributed by atoms with Crippen LogP contribution in [0.5, 0.6) is 5.75 Å². The van der Waals surface area contributed by atoms with Crippen LogP contribution in [0.25, 0.3) is 0 Å². The molecule has 1 saturated heterocycles. The molecule has 0 aliphatic carbocycles. The Kier molecular flexibility index (Phi) is 3.53.